The van der Waals surface area contributed by atoms with E-state index in [1.165, 1.54) is 5.75 Å². The first-order valence-corrected chi connectivity index (χ1v) is 5.84. The molecule has 4 heteroatoms. The molecule has 0 saturated heterocycles. The molecule has 0 bridgehead atoms. The van der Waals surface area contributed by atoms with Crippen LogP contribution in [0.15, 0.2) is 18.3 Å². The fourth-order valence-corrected chi connectivity index (χ4v) is 1.55. The molecule has 0 aliphatic rings. The number of nitrogens with one attached hydrogen (secondary N) is 1. The lowest BCUT2D eigenvalue weighted by molar-refractivity contribution is 0.398. The number of hydrogen-bond donors (Lipinski definition) is 1. The predicted octanol–water partition coefficient (Wildman–Crippen LogP) is 2.26. The van der Waals surface area contributed by atoms with Crippen molar-refractivity contribution in [3.8, 4) is 5.88 Å². The normalized spacial score (nSPS) is 9.86. The summed E-state index contributed by atoms with van der Waals surface area (Å²) in [6, 6.07) is 3.83. The molecular formula is C10H16N2OS. The average Bonchev–Trinajstić information content (AvgIpc) is 2.25. The summed E-state index contributed by atoms with van der Waals surface area (Å²) in [5, 5.41) is 3.29. The van der Waals surface area contributed by atoms with Gasteiger partial charge in [-0.3, -0.25) is 0 Å². The van der Waals surface area contributed by atoms with Gasteiger partial charge in [-0.2, -0.15) is 11.8 Å². The first-order valence-electron chi connectivity index (χ1n) is 4.68. The maximum atomic E-state index is 4.97. The Balaban J connectivity index is 2.29. The minimum Gasteiger partial charge on any atom is -0.481 e. The second kappa shape index (κ2) is 6.54. The molecule has 0 aromatic carbocycles. The smallest absolute Gasteiger partial charge is 0.213 e. The molecule has 78 valence electrons. The summed E-state index contributed by atoms with van der Waals surface area (Å²) in [5.74, 6) is 2.95. The van der Waals surface area contributed by atoms with Gasteiger partial charge in [0.2, 0.25) is 5.88 Å². The van der Waals surface area contributed by atoms with Crippen LogP contribution in [0.5, 0.6) is 5.88 Å². The van der Waals surface area contributed by atoms with Crippen molar-refractivity contribution in [3.05, 3.63) is 18.3 Å². The van der Waals surface area contributed by atoms with Gasteiger partial charge < -0.3 is 10.1 Å². The molecule has 0 spiro atoms. The van der Waals surface area contributed by atoms with Crippen LogP contribution < -0.4 is 10.1 Å². The average molecular weight is 212 g/mol. The van der Waals surface area contributed by atoms with Crippen molar-refractivity contribution in [3.63, 3.8) is 0 Å². The van der Waals surface area contributed by atoms with Gasteiger partial charge in [-0.05, 0) is 11.8 Å². The van der Waals surface area contributed by atoms with Gasteiger partial charge in [0.05, 0.1) is 19.0 Å². The summed E-state index contributed by atoms with van der Waals surface area (Å²) in [7, 11) is 1.62. The molecule has 1 aromatic heterocycles. The fraction of sp³-hybridized carbons (Fsp3) is 0.500. The molecule has 1 N–H and O–H groups in total. The zero-order valence-corrected chi connectivity index (χ0v) is 9.43. The van der Waals surface area contributed by atoms with E-state index in [1.54, 1.807) is 13.3 Å². The summed E-state index contributed by atoms with van der Waals surface area (Å²) >= 11 is 1.93. The first-order chi connectivity index (χ1) is 6.86. The third kappa shape index (κ3) is 3.87. The summed E-state index contributed by atoms with van der Waals surface area (Å²) in [6.07, 6.45) is 1.79. The monoisotopic (exact) mass is 212 g/mol. The molecule has 1 aromatic rings. The molecule has 0 unspecified atom stereocenters. The molecule has 14 heavy (non-hydrogen) atoms. The number of aromatic nitrogens is 1. The van der Waals surface area contributed by atoms with Crippen LogP contribution >= 0.6 is 11.8 Å². The molecule has 3 nitrogen and oxygen atoms in total. The summed E-state index contributed by atoms with van der Waals surface area (Å²) in [5.41, 5.74) is 1.04. The lowest BCUT2D eigenvalue weighted by atomic mass is 10.4. The predicted molar refractivity (Wildman–Crippen MR) is 62.3 cm³/mol. The van der Waals surface area contributed by atoms with E-state index >= 15 is 0 Å². The van der Waals surface area contributed by atoms with Gasteiger partial charge in [-0.25, -0.2) is 4.98 Å². The van der Waals surface area contributed by atoms with Gasteiger partial charge in [0, 0.05) is 18.4 Å². The largest absolute Gasteiger partial charge is 0.481 e. The molecule has 0 atom stereocenters. The van der Waals surface area contributed by atoms with E-state index in [4.69, 9.17) is 4.74 Å². The van der Waals surface area contributed by atoms with Crippen LogP contribution in [0.2, 0.25) is 0 Å². The van der Waals surface area contributed by atoms with Gasteiger partial charge in [-0.1, -0.05) is 6.92 Å². The Hall–Kier alpha value is -0.900. The molecule has 0 saturated carbocycles. The van der Waals surface area contributed by atoms with Crippen LogP contribution in [0.3, 0.4) is 0 Å². The van der Waals surface area contributed by atoms with E-state index in [9.17, 15) is 0 Å². The second-order valence-electron chi connectivity index (χ2n) is 2.71. The van der Waals surface area contributed by atoms with Gasteiger partial charge in [-0.15, -0.1) is 0 Å². The van der Waals surface area contributed by atoms with Gasteiger partial charge >= 0.3 is 0 Å². The van der Waals surface area contributed by atoms with Crippen molar-refractivity contribution in [1.29, 1.82) is 0 Å². The summed E-state index contributed by atoms with van der Waals surface area (Å²) in [6.45, 7) is 3.14. The standard InChI is InChI=1S/C10H16N2OS/c1-3-14-7-6-11-9-4-5-10(13-2)12-8-9/h4-5,8,11H,3,6-7H2,1-2H3. The Morgan fingerprint density at radius 1 is 1.50 bits per heavy atom. The van der Waals surface area contributed by atoms with E-state index in [2.05, 4.69) is 17.2 Å². The highest BCUT2D eigenvalue weighted by atomic mass is 32.2. The van der Waals surface area contributed by atoms with Crippen molar-refractivity contribution in [1.82, 2.24) is 4.98 Å². The van der Waals surface area contributed by atoms with Gasteiger partial charge in [0.1, 0.15) is 0 Å². The van der Waals surface area contributed by atoms with Gasteiger partial charge in [0.25, 0.3) is 0 Å². The molecule has 0 aliphatic heterocycles. The Morgan fingerprint density at radius 2 is 2.36 bits per heavy atom. The zero-order chi connectivity index (χ0) is 10.2. The van der Waals surface area contributed by atoms with E-state index < -0.39 is 0 Å². The highest BCUT2D eigenvalue weighted by Crippen LogP contribution is 2.10. The van der Waals surface area contributed by atoms with E-state index in [-0.39, 0.29) is 0 Å². The van der Waals surface area contributed by atoms with Crippen LogP contribution in [-0.4, -0.2) is 30.1 Å². The number of thioether (sulfide) groups is 1. The molecule has 0 amide bonds. The molecule has 0 radical (unpaired) electrons. The van der Waals surface area contributed by atoms with Crippen LogP contribution in [0.4, 0.5) is 5.69 Å². The minimum atomic E-state index is 0.651. The van der Waals surface area contributed by atoms with Crippen molar-refractivity contribution in [2.24, 2.45) is 0 Å². The number of methoxy groups -OCH3 is 1. The van der Waals surface area contributed by atoms with E-state index in [0.717, 1.165) is 18.0 Å². The topological polar surface area (TPSA) is 34.1 Å². The third-order valence-electron chi connectivity index (χ3n) is 1.73. The Morgan fingerprint density at radius 3 is 2.93 bits per heavy atom. The Bertz CT molecular complexity index is 251. The van der Waals surface area contributed by atoms with E-state index in [0.29, 0.717) is 5.88 Å². The number of anilines is 1. The number of nitrogens with zero attached hydrogens (tertiary/aromatic N) is 1. The van der Waals surface area contributed by atoms with Crippen LogP contribution in [-0.2, 0) is 0 Å². The fourth-order valence-electron chi connectivity index (χ4n) is 1.02. The molecular weight excluding hydrogens is 196 g/mol. The van der Waals surface area contributed by atoms with Crippen LogP contribution in [0.25, 0.3) is 0 Å². The maximum Gasteiger partial charge on any atom is 0.213 e. The summed E-state index contributed by atoms with van der Waals surface area (Å²) < 4.78 is 4.97. The Labute approximate surface area is 89.3 Å². The first kappa shape index (κ1) is 11.2. The van der Waals surface area contributed by atoms with Crippen molar-refractivity contribution >= 4 is 17.4 Å². The number of pyridine rings is 1. The summed E-state index contributed by atoms with van der Waals surface area (Å²) in [4.78, 5) is 4.10. The number of ether oxygens (including phenoxy) is 1. The van der Waals surface area contributed by atoms with E-state index in [1.807, 2.05) is 23.9 Å². The van der Waals surface area contributed by atoms with Gasteiger partial charge in [0.15, 0.2) is 0 Å². The SMILES string of the molecule is CCSCCNc1ccc(OC)nc1. The van der Waals surface area contributed by atoms with Crippen LogP contribution in [0.1, 0.15) is 6.92 Å². The number of hydrogen-bond acceptors (Lipinski definition) is 4. The van der Waals surface area contributed by atoms with Crippen molar-refractivity contribution in [2.75, 3.05) is 30.5 Å². The quantitative estimate of drug-likeness (QED) is 0.733. The lowest BCUT2D eigenvalue weighted by Gasteiger charge is -2.05. The number of rotatable bonds is 6. The molecule has 0 aliphatic carbocycles. The Kier molecular flexibility index (Phi) is 5.22. The highest BCUT2D eigenvalue weighted by Gasteiger charge is 1.93. The zero-order valence-electron chi connectivity index (χ0n) is 8.62. The molecule has 1 rings (SSSR count). The van der Waals surface area contributed by atoms with Crippen molar-refractivity contribution < 1.29 is 4.74 Å². The third-order valence-corrected chi connectivity index (χ3v) is 2.63. The van der Waals surface area contributed by atoms with Crippen molar-refractivity contribution in [2.45, 2.75) is 6.92 Å². The lowest BCUT2D eigenvalue weighted by Crippen LogP contribution is -2.04. The minimum absolute atomic E-state index is 0.651. The second-order valence-corrected chi connectivity index (χ2v) is 4.11. The highest BCUT2D eigenvalue weighted by molar-refractivity contribution is 7.99. The molecule has 1 heterocycles. The molecule has 0 fully saturated rings. The maximum absolute atomic E-state index is 4.97. The van der Waals surface area contributed by atoms with Crippen LogP contribution in [0, 0.1) is 0 Å².